The van der Waals surface area contributed by atoms with Crippen LogP contribution >= 0.6 is 50.7 Å². The molecule has 0 aliphatic heterocycles. The molecule has 0 aliphatic carbocycles. The van der Waals surface area contributed by atoms with Crippen LogP contribution in [0.2, 0.25) is 10.2 Å². The molecular weight excluding hydrogens is 362 g/mol. The highest BCUT2D eigenvalue weighted by molar-refractivity contribution is 9.10. The van der Waals surface area contributed by atoms with E-state index in [9.17, 15) is 0 Å². The van der Waals surface area contributed by atoms with Crippen molar-refractivity contribution < 1.29 is 4.74 Å². The molecule has 0 spiro atoms. The Balaban J connectivity index is 2.40. The molecule has 0 saturated heterocycles. The molecule has 1 aromatic heterocycles. The minimum atomic E-state index is 0.153. The van der Waals surface area contributed by atoms with Crippen molar-refractivity contribution in [2.45, 2.75) is 5.88 Å². The molecule has 1 aromatic carbocycles. The number of aromatic nitrogens is 2. The van der Waals surface area contributed by atoms with Gasteiger partial charge in [0.05, 0.1) is 16.5 Å². The summed E-state index contributed by atoms with van der Waals surface area (Å²) in [5.41, 5.74) is 0.525. The predicted molar refractivity (Wildman–Crippen MR) is 75.8 cm³/mol. The molecule has 2 rings (SSSR count). The third kappa shape index (κ3) is 3.06. The number of benzene rings is 1. The molecule has 2 aromatic rings. The van der Waals surface area contributed by atoms with Gasteiger partial charge in [0.25, 0.3) is 0 Å². The van der Waals surface area contributed by atoms with Crippen molar-refractivity contribution >= 4 is 50.7 Å². The van der Waals surface area contributed by atoms with Crippen LogP contribution in [0.5, 0.6) is 11.6 Å². The van der Waals surface area contributed by atoms with Crippen LogP contribution in [0.25, 0.3) is 0 Å². The van der Waals surface area contributed by atoms with E-state index in [4.69, 9.17) is 39.5 Å². The van der Waals surface area contributed by atoms with Crippen LogP contribution in [-0.2, 0) is 5.88 Å². The maximum absolute atomic E-state index is 6.03. The summed E-state index contributed by atoms with van der Waals surface area (Å²) in [7, 11) is 0. The predicted octanol–water partition coefficient (Wildman–Crippen LogP) is 5.08. The van der Waals surface area contributed by atoms with E-state index in [0.717, 1.165) is 4.47 Å². The van der Waals surface area contributed by atoms with Crippen LogP contribution in [-0.4, -0.2) is 9.97 Å². The second-order valence-electron chi connectivity index (χ2n) is 3.26. The number of halogens is 4. The van der Waals surface area contributed by atoms with Gasteiger partial charge >= 0.3 is 0 Å². The van der Waals surface area contributed by atoms with E-state index in [1.165, 1.54) is 6.33 Å². The van der Waals surface area contributed by atoms with Crippen molar-refractivity contribution in [3.05, 3.63) is 44.7 Å². The maximum Gasteiger partial charge on any atom is 0.228 e. The van der Waals surface area contributed by atoms with Gasteiger partial charge in [0.2, 0.25) is 5.88 Å². The van der Waals surface area contributed by atoms with Crippen LogP contribution in [0, 0.1) is 0 Å². The molecule has 0 amide bonds. The van der Waals surface area contributed by atoms with E-state index in [-0.39, 0.29) is 11.0 Å². The fourth-order valence-electron chi connectivity index (χ4n) is 1.24. The molecule has 3 nitrogen and oxygen atoms in total. The van der Waals surface area contributed by atoms with E-state index in [0.29, 0.717) is 22.2 Å². The Labute approximate surface area is 127 Å². The van der Waals surface area contributed by atoms with Crippen molar-refractivity contribution in [1.29, 1.82) is 0 Å². The molecule has 0 atom stereocenters. The van der Waals surface area contributed by atoms with Gasteiger partial charge in [0.1, 0.15) is 17.2 Å². The zero-order valence-corrected chi connectivity index (χ0v) is 12.7. The minimum absolute atomic E-state index is 0.153. The van der Waals surface area contributed by atoms with E-state index < -0.39 is 0 Å². The first-order valence-corrected chi connectivity index (χ1v) is 6.88. The number of alkyl halides is 1. The van der Waals surface area contributed by atoms with Gasteiger partial charge in [0, 0.05) is 4.47 Å². The number of rotatable bonds is 3. The van der Waals surface area contributed by atoms with E-state index >= 15 is 0 Å². The van der Waals surface area contributed by atoms with Crippen LogP contribution in [0.15, 0.2) is 29.0 Å². The molecule has 0 bridgehead atoms. The van der Waals surface area contributed by atoms with Crippen molar-refractivity contribution in [2.75, 3.05) is 0 Å². The number of nitrogens with zero attached hydrogens (tertiary/aromatic N) is 2. The first-order valence-electron chi connectivity index (χ1n) is 4.80. The summed E-state index contributed by atoms with van der Waals surface area (Å²) in [5.74, 6) is 0.915. The van der Waals surface area contributed by atoms with Gasteiger partial charge in [0.15, 0.2) is 0 Å². The fraction of sp³-hybridized carbons (Fsp3) is 0.0909. The summed E-state index contributed by atoms with van der Waals surface area (Å²) < 4.78 is 6.45. The van der Waals surface area contributed by atoms with Crippen LogP contribution in [0.1, 0.15) is 5.56 Å². The Kier molecular flexibility index (Phi) is 4.67. The minimum Gasteiger partial charge on any atom is -0.437 e. The van der Waals surface area contributed by atoms with Crippen molar-refractivity contribution in [2.24, 2.45) is 0 Å². The van der Waals surface area contributed by atoms with Gasteiger partial charge < -0.3 is 4.74 Å². The third-order valence-electron chi connectivity index (χ3n) is 2.09. The van der Waals surface area contributed by atoms with Gasteiger partial charge in [-0.05, 0) is 18.2 Å². The summed E-state index contributed by atoms with van der Waals surface area (Å²) in [4.78, 5) is 7.84. The molecule has 18 heavy (non-hydrogen) atoms. The van der Waals surface area contributed by atoms with Crippen LogP contribution in [0.3, 0.4) is 0 Å². The molecule has 0 aliphatic rings. The van der Waals surface area contributed by atoms with E-state index in [1.807, 2.05) is 6.07 Å². The molecule has 94 valence electrons. The summed E-state index contributed by atoms with van der Waals surface area (Å²) >= 11 is 21.1. The zero-order chi connectivity index (χ0) is 13.1. The highest BCUT2D eigenvalue weighted by Gasteiger charge is 2.12. The lowest BCUT2D eigenvalue weighted by Gasteiger charge is -2.10. The monoisotopic (exact) mass is 366 g/mol. The van der Waals surface area contributed by atoms with Crippen LogP contribution in [0.4, 0.5) is 0 Å². The first-order chi connectivity index (χ1) is 8.61. The largest absolute Gasteiger partial charge is 0.437 e. The second kappa shape index (κ2) is 6.06. The van der Waals surface area contributed by atoms with Crippen molar-refractivity contribution in [3.8, 4) is 11.6 Å². The lowest BCUT2D eigenvalue weighted by atomic mass is 10.3. The van der Waals surface area contributed by atoms with Gasteiger partial charge in [-0.25, -0.2) is 9.97 Å². The van der Waals surface area contributed by atoms with Gasteiger partial charge in [-0.15, -0.1) is 11.6 Å². The van der Waals surface area contributed by atoms with E-state index in [2.05, 4.69) is 25.9 Å². The summed E-state index contributed by atoms with van der Waals surface area (Å²) in [6.07, 6.45) is 1.31. The fourth-order valence-corrected chi connectivity index (χ4v) is 2.23. The Bertz CT molecular complexity index is 580. The summed E-state index contributed by atoms with van der Waals surface area (Å²) in [5, 5.41) is 0.731. The summed E-state index contributed by atoms with van der Waals surface area (Å²) in [6.45, 7) is 0. The van der Waals surface area contributed by atoms with Gasteiger partial charge in [-0.1, -0.05) is 39.1 Å². The van der Waals surface area contributed by atoms with E-state index in [1.54, 1.807) is 12.1 Å². The molecule has 0 saturated carbocycles. The molecule has 0 unspecified atom stereocenters. The van der Waals surface area contributed by atoms with Gasteiger partial charge in [-0.3, -0.25) is 0 Å². The third-order valence-corrected chi connectivity index (χ3v) is 3.49. The van der Waals surface area contributed by atoms with Crippen molar-refractivity contribution in [3.63, 3.8) is 0 Å². The molecular formula is C11H6BrCl3N2O. The topological polar surface area (TPSA) is 35.0 Å². The smallest absolute Gasteiger partial charge is 0.228 e. The van der Waals surface area contributed by atoms with Gasteiger partial charge in [-0.2, -0.15) is 0 Å². The molecule has 7 heteroatoms. The Morgan fingerprint density at radius 2 is 2.00 bits per heavy atom. The maximum atomic E-state index is 6.03. The quantitative estimate of drug-likeness (QED) is 0.560. The average Bonchev–Trinajstić information content (AvgIpc) is 2.34. The van der Waals surface area contributed by atoms with Crippen LogP contribution < -0.4 is 4.74 Å². The first kappa shape index (κ1) is 13.9. The normalized spacial score (nSPS) is 10.4. The van der Waals surface area contributed by atoms with Crippen molar-refractivity contribution in [1.82, 2.24) is 9.97 Å². The summed E-state index contributed by atoms with van der Waals surface area (Å²) in [6, 6.07) is 5.26. The molecule has 0 fully saturated rings. The number of hydrogen-bond donors (Lipinski definition) is 0. The highest BCUT2D eigenvalue weighted by Crippen LogP contribution is 2.34. The Hall–Kier alpha value is -0.550. The highest BCUT2D eigenvalue weighted by atomic mass is 79.9. The lowest BCUT2D eigenvalue weighted by molar-refractivity contribution is 0.456. The molecule has 1 heterocycles. The second-order valence-corrected chi connectivity index (χ2v) is 5.21. The Morgan fingerprint density at radius 3 is 2.72 bits per heavy atom. The molecule has 0 radical (unpaired) electrons. The number of ether oxygens (including phenoxy) is 1. The standard InChI is InChI=1S/C11H6BrCl3N2O/c12-6-1-2-8(14)9(3-6)18-11-7(4-13)10(15)16-5-17-11/h1-3,5H,4H2. The Morgan fingerprint density at radius 1 is 1.22 bits per heavy atom. The SMILES string of the molecule is ClCc1c(Cl)ncnc1Oc1cc(Br)ccc1Cl. The lowest BCUT2D eigenvalue weighted by Crippen LogP contribution is -1.96. The average molecular weight is 368 g/mol. The number of hydrogen-bond acceptors (Lipinski definition) is 3. The zero-order valence-electron chi connectivity index (χ0n) is 8.83. The molecule has 0 N–H and O–H groups in total.